The van der Waals surface area contributed by atoms with Crippen molar-refractivity contribution >= 4 is 11.3 Å². The summed E-state index contributed by atoms with van der Waals surface area (Å²) in [7, 11) is 0. The molecule has 0 aliphatic carbocycles. The summed E-state index contributed by atoms with van der Waals surface area (Å²) in [6.07, 6.45) is 3.94. The van der Waals surface area contributed by atoms with E-state index in [9.17, 15) is 0 Å². The van der Waals surface area contributed by atoms with Crippen LogP contribution >= 0.6 is 11.3 Å². The van der Waals surface area contributed by atoms with Gasteiger partial charge in [0.2, 0.25) is 0 Å². The summed E-state index contributed by atoms with van der Waals surface area (Å²) in [5.74, 6) is 0. The van der Waals surface area contributed by atoms with Crippen molar-refractivity contribution in [3.8, 4) is 0 Å². The van der Waals surface area contributed by atoms with Gasteiger partial charge in [-0.2, -0.15) is 0 Å². The van der Waals surface area contributed by atoms with Gasteiger partial charge in [-0.1, -0.05) is 6.92 Å². The lowest BCUT2D eigenvalue weighted by molar-refractivity contribution is 0.330. The third kappa shape index (κ3) is 3.80. The van der Waals surface area contributed by atoms with E-state index in [1.165, 1.54) is 42.2 Å². The van der Waals surface area contributed by atoms with E-state index in [1.807, 2.05) is 11.3 Å². The Morgan fingerprint density at radius 1 is 1.35 bits per heavy atom. The number of aryl methyl sites for hydroxylation is 1. The highest BCUT2D eigenvalue weighted by Crippen LogP contribution is 2.23. The van der Waals surface area contributed by atoms with E-state index in [2.05, 4.69) is 36.2 Å². The molecule has 1 aromatic heterocycles. The van der Waals surface area contributed by atoms with E-state index >= 15 is 0 Å². The number of hydrogen-bond donors (Lipinski definition) is 1. The minimum Gasteiger partial charge on any atom is -0.308 e. The zero-order valence-electron chi connectivity index (χ0n) is 11.0. The Hall–Kier alpha value is -0.380. The fourth-order valence-corrected chi connectivity index (χ4v) is 3.34. The highest BCUT2D eigenvalue weighted by molar-refractivity contribution is 7.12. The summed E-state index contributed by atoms with van der Waals surface area (Å²) in [6, 6.07) is 5.04. The quantitative estimate of drug-likeness (QED) is 0.837. The Morgan fingerprint density at radius 2 is 2.12 bits per heavy atom. The molecule has 2 heterocycles. The smallest absolute Gasteiger partial charge is 0.0386 e. The van der Waals surface area contributed by atoms with Gasteiger partial charge in [-0.3, -0.25) is 0 Å². The molecule has 1 saturated heterocycles. The normalized spacial score (nSPS) is 18.7. The number of thiophene rings is 1. The highest BCUT2D eigenvalue weighted by atomic mass is 32.1. The van der Waals surface area contributed by atoms with E-state index < -0.39 is 0 Å². The van der Waals surface area contributed by atoms with Gasteiger partial charge in [0.15, 0.2) is 0 Å². The van der Waals surface area contributed by atoms with Crippen LogP contribution in [0, 0.1) is 0 Å². The topological polar surface area (TPSA) is 15.3 Å². The van der Waals surface area contributed by atoms with Crippen molar-refractivity contribution < 1.29 is 0 Å². The summed E-state index contributed by atoms with van der Waals surface area (Å²) in [5.41, 5.74) is 0. The predicted molar refractivity (Wildman–Crippen MR) is 75.8 cm³/mol. The second kappa shape index (κ2) is 6.53. The standard InChI is InChI=1S/C14H24N2S/c1-3-13-6-7-14(17-13)12(2)15-8-11-16-9-4-5-10-16/h6-7,12,15H,3-5,8-11H2,1-2H3. The first-order chi connectivity index (χ1) is 8.29. The van der Waals surface area contributed by atoms with Crippen molar-refractivity contribution in [1.82, 2.24) is 10.2 Å². The molecule has 0 spiro atoms. The molecule has 0 saturated carbocycles. The lowest BCUT2D eigenvalue weighted by Crippen LogP contribution is -2.31. The fourth-order valence-electron chi connectivity index (χ4n) is 2.36. The second-order valence-corrected chi connectivity index (χ2v) is 6.08. The molecule has 0 aromatic carbocycles. The van der Waals surface area contributed by atoms with E-state index in [0.717, 1.165) is 13.0 Å². The number of likely N-dealkylation sites (tertiary alicyclic amines) is 1. The van der Waals surface area contributed by atoms with Gasteiger partial charge in [-0.15, -0.1) is 11.3 Å². The molecule has 1 aliphatic rings. The Morgan fingerprint density at radius 3 is 2.76 bits per heavy atom. The van der Waals surface area contributed by atoms with Crippen molar-refractivity contribution in [3.63, 3.8) is 0 Å². The highest BCUT2D eigenvalue weighted by Gasteiger charge is 2.12. The Balaban J connectivity index is 1.70. The molecule has 2 nitrogen and oxygen atoms in total. The van der Waals surface area contributed by atoms with Gasteiger partial charge in [-0.25, -0.2) is 0 Å². The molecular weight excluding hydrogens is 228 g/mol. The van der Waals surface area contributed by atoms with Crippen LogP contribution in [-0.4, -0.2) is 31.1 Å². The molecule has 0 radical (unpaired) electrons. The van der Waals surface area contributed by atoms with Crippen molar-refractivity contribution in [2.24, 2.45) is 0 Å². The zero-order valence-corrected chi connectivity index (χ0v) is 11.9. The predicted octanol–water partition coefficient (Wildman–Crippen LogP) is 3.06. The first-order valence-electron chi connectivity index (χ1n) is 6.84. The average molecular weight is 252 g/mol. The molecule has 96 valence electrons. The molecule has 1 atom stereocenters. The largest absolute Gasteiger partial charge is 0.308 e. The molecule has 17 heavy (non-hydrogen) atoms. The third-order valence-electron chi connectivity index (χ3n) is 3.53. The summed E-state index contributed by atoms with van der Waals surface area (Å²) < 4.78 is 0. The van der Waals surface area contributed by atoms with Crippen molar-refractivity contribution in [1.29, 1.82) is 0 Å². The maximum absolute atomic E-state index is 3.63. The van der Waals surface area contributed by atoms with E-state index in [4.69, 9.17) is 0 Å². The van der Waals surface area contributed by atoms with Crippen LogP contribution < -0.4 is 5.32 Å². The first kappa shape index (κ1) is 13.1. The number of rotatable bonds is 6. The summed E-state index contributed by atoms with van der Waals surface area (Å²) >= 11 is 1.95. The molecule has 1 aliphatic heterocycles. The Bertz CT molecular complexity index is 329. The van der Waals surface area contributed by atoms with E-state index in [0.29, 0.717) is 6.04 Å². The maximum Gasteiger partial charge on any atom is 0.0386 e. The lowest BCUT2D eigenvalue weighted by Gasteiger charge is -2.17. The number of nitrogens with zero attached hydrogens (tertiary/aromatic N) is 1. The minimum atomic E-state index is 0.503. The summed E-state index contributed by atoms with van der Waals surface area (Å²) in [6.45, 7) is 9.41. The summed E-state index contributed by atoms with van der Waals surface area (Å²) in [5, 5.41) is 3.63. The van der Waals surface area contributed by atoms with Crippen molar-refractivity contribution in [2.75, 3.05) is 26.2 Å². The van der Waals surface area contributed by atoms with Crippen LogP contribution in [-0.2, 0) is 6.42 Å². The van der Waals surface area contributed by atoms with Gasteiger partial charge in [0.05, 0.1) is 0 Å². The second-order valence-electron chi connectivity index (χ2n) is 4.88. The van der Waals surface area contributed by atoms with Crippen LogP contribution in [0.15, 0.2) is 12.1 Å². The van der Waals surface area contributed by atoms with Crippen LogP contribution in [0.4, 0.5) is 0 Å². The number of hydrogen-bond acceptors (Lipinski definition) is 3. The lowest BCUT2D eigenvalue weighted by atomic mass is 10.2. The Labute approximate surface area is 109 Å². The number of nitrogens with one attached hydrogen (secondary N) is 1. The van der Waals surface area contributed by atoms with Crippen LogP contribution in [0.5, 0.6) is 0 Å². The minimum absolute atomic E-state index is 0.503. The van der Waals surface area contributed by atoms with Gasteiger partial charge in [0.25, 0.3) is 0 Å². The van der Waals surface area contributed by atoms with Crippen LogP contribution in [0.2, 0.25) is 0 Å². The van der Waals surface area contributed by atoms with Crippen molar-refractivity contribution in [3.05, 3.63) is 21.9 Å². The fraction of sp³-hybridized carbons (Fsp3) is 0.714. The summed E-state index contributed by atoms with van der Waals surface area (Å²) in [4.78, 5) is 5.53. The first-order valence-corrected chi connectivity index (χ1v) is 7.65. The van der Waals surface area contributed by atoms with Gasteiger partial charge in [0.1, 0.15) is 0 Å². The third-order valence-corrected chi connectivity index (χ3v) is 4.95. The molecule has 0 amide bonds. The monoisotopic (exact) mass is 252 g/mol. The molecular formula is C14H24N2S. The zero-order chi connectivity index (χ0) is 12.1. The maximum atomic E-state index is 3.63. The van der Waals surface area contributed by atoms with Gasteiger partial charge >= 0.3 is 0 Å². The van der Waals surface area contributed by atoms with Gasteiger partial charge in [0, 0.05) is 28.9 Å². The molecule has 1 unspecified atom stereocenters. The van der Waals surface area contributed by atoms with E-state index in [-0.39, 0.29) is 0 Å². The molecule has 1 N–H and O–H groups in total. The van der Waals surface area contributed by atoms with Crippen LogP contribution in [0.3, 0.4) is 0 Å². The van der Waals surface area contributed by atoms with Crippen molar-refractivity contribution in [2.45, 2.75) is 39.2 Å². The van der Waals surface area contributed by atoms with E-state index in [1.54, 1.807) is 0 Å². The Kier molecular flexibility index (Phi) is 5.01. The molecule has 1 fully saturated rings. The molecule has 0 bridgehead atoms. The molecule has 1 aromatic rings. The van der Waals surface area contributed by atoms with Crippen LogP contribution in [0.25, 0.3) is 0 Å². The molecule has 2 rings (SSSR count). The van der Waals surface area contributed by atoms with Gasteiger partial charge in [-0.05, 0) is 51.4 Å². The van der Waals surface area contributed by atoms with Gasteiger partial charge < -0.3 is 10.2 Å². The molecule has 3 heteroatoms. The average Bonchev–Trinajstić information content (AvgIpc) is 2.99. The van der Waals surface area contributed by atoms with Crippen LogP contribution in [0.1, 0.15) is 42.5 Å². The SMILES string of the molecule is CCc1ccc(C(C)NCCN2CCCC2)s1.